The van der Waals surface area contributed by atoms with Crippen LogP contribution in [0.5, 0.6) is 5.75 Å². The number of methoxy groups -OCH3 is 1. The zero-order valence-electron chi connectivity index (χ0n) is 16.0. The van der Waals surface area contributed by atoms with Crippen molar-refractivity contribution in [2.24, 2.45) is 5.92 Å². The SMILES string of the molecule is COc1ccc(-c2nnc(CN3CCC(Cc4cccc(F)c4)CC3)o2)cc1. The Morgan fingerprint density at radius 2 is 1.89 bits per heavy atom. The maximum absolute atomic E-state index is 13.4. The molecule has 1 saturated heterocycles. The fraction of sp³-hybridized carbons (Fsp3) is 0.364. The van der Waals surface area contributed by atoms with E-state index in [1.165, 1.54) is 6.07 Å². The van der Waals surface area contributed by atoms with Gasteiger partial charge in [-0.3, -0.25) is 4.90 Å². The second-order valence-corrected chi connectivity index (χ2v) is 7.28. The molecule has 146 valence electrons. The van der Waals surface area contributed by atoms with Gasteiger partial charge in [-0.2, -0.15) is 0 Å². The van der Waals surface area contributed by atoms with Gasteiger partial charge in [-0.05, 0) is 80.2 Å². The standard InChI is InChI=1S/C22H24FN3O2/c1-27-20-7-5-18(6-8-20)22-25-24-21(28-22)15-26-11-9-16(10-12-26)13-17-3-2-4-19(23)14-17/h2-8,14,16H,9-13,15H2,1H3. The third-order valence-electron chi connectivity index (χ3n) is 5.28. The third-order valence-corrected chi connectivity index (χ3v) is 5.28. The summed E-state index contributed by atoms with van der Waals surface area (Å²) in [6, 6.07) is 14.5. The van der Waals surface area contributed by atoms with Gasteiger partial charge in [0.25, 0.3) is 0 Å². The van der Waals surface area contributed by atoms with Gasteiger partial charge in [0.2, 0.25) is 11.8 Å². The van der Waals surface area contributed by atoms with Gasteiger partial charge >= 0.3 is 0 Å². The Kier molecular flexibility index (Phi) is 5.67. The molecule has 0 spiro atoms. The van der Waals surface area contributed by atoms with Gasteiger partial charge in [0.05, 0.1) is 13.7 Å². The van der Waals surface area contributed by atoms with Crippen LogP contribution in [0.4, 0.5) is 4.39 Å². The molecule has 4 rings (SSSR count). The monoisotopic (exact) mass is 381 g/mol. The lowest BCUT2D eigenvalue weighted by molar-refractivity contribution is 0.164. The van der Waals surface area contributed by atoms with Crippen LogP contribution in [-0.2, 0) is 13.0 Å². The van der Waals surface area contributed by atoms with E-state index < -0.39 is 0 Å². The van der Waals surface area contributed by atoms with Crippen LogP contribution in [0.3, 0.4) is 0 Å². The topological polar surface area (TPSA) is 51.4 Å². The normalized spacial score (nSPS) is 15.6. The molecule has 2 heterocycles. The van der Waals surface area contributed by atoms with Crippen molar-refractivity contribution in [2.45, 2.75) is 25.8 Å². The van der Waals surface area contributed by atoms with Crippen molar-refractivity contribution in [1.29, 1.82) is 0 Å². The molecule has 0 aliphatic carbocycles. The first-order chi connectivity index (χ1) is 13.7. The van der Waals surface area contributed by atoms with E-state index in [9.17, 15) is 4.39 Å². The van der Waals surface area contributed by atoms with Crippen LogP contribution in [0.2, 0.25) is 0 Å². The van der Waals surface area contributed by atoms with Gasteiger partial charge in [-0.15, -0.1) is 10.2 Å². The first-order valence-corrected chi connectivity index (χ1v) is 9.63. The Balaban J connectivity index is 1.29. The fourth-order valence-electron chi connectivity index (χ4n) is 3.70. The summed E-state index contributed by atoms with van der Waals surface area (Å²) in [5.41, 5.74) is 1.97. The average molecular weight is 381 g/mol. The smallest absolute Gasteiger partial charge is 0.247 e. The van der Waals surface area contributed by atoms with Crippen molar-refractivity contribution in [3.05, 3.63) is 65.8 Å². The molecule has 0 bridgehead atoms. The highest BCUT2D eigenvalue weighted by Gasteiger charge is 2.21. The van der Waals surface area contributed by atoms with Crippen LogP contribution in [0.15, 0.2) is 52.9 Å². The summed E-state index contributed by atoms with van der Waals surface area (Å²) in [7, 11) is 1.64. The van der Waals surface area contributed by atoms with E-state index in [1.54, 1.807) is 19.2 Å². The summed E-state index contributed by atoms with van der Waals surface area (Å²) >= 11 is 0. The number of rotatable bonds is 6. The summed E-state index contributed by atoms with van der Waals surface area (Å²) in [5.74, 6) is 2.40. The molecule has 0 saturated carbocycles. The lowest BCUT2D eigenvalue weighted by atomic mass is 9.90. The van der Waals surface area contributed by atoms with Crippen molar-refractivity contribution in [3.8, 4) is 17.2 Å². The van der Waals surface area contributed by atoms with Gasteiger partial charge < -0.3 is 9.15 Å². The zero-order chi connectivity index (χ0) is 19.3. The zero-order valence-corrected chi connectivity index (χ0v) is 16.0. The van der Waals surface area contributed by atoms with E-state index in [2.05, 4.69) is 15.1 Å². The third kappa shape index (κ3) is 4.57. The first kappa shape index (κ1) is 18.6. The molecule has 6 heteroatoms. The van der Waals surface area contributed by atoms with E-state index in [0.29, 0.717) is 24.2 Å². The largest absolute Gasteiger partial charge is 0.497 e. The van der Waals surface area contributed by atoms with Crippen LogP contribution < -0.4 is 4.74 Å². The molecule has 1 aromatic heterocycles. The molecule has 1 fully saturated rings. The van der Waals surface area contributed by atoms with Crippen LogP contribution in [0.25, 0.3) is 11.5 Å². The second-order valence-electron chi connectivity index (χ2n) is 7.28. The number of halogens is 1. The van der Waals surface area contributed by atoms with Gasteiger partial charge in [-0.1, -0.05) is 12.1 Å². The van der Waals surface area contributed by atoms with Crippen molar-refractivity contribution >= 4 is 0 Å². The number of hydrogen-bond donors (Lipinski definition) is 0. The molecule has 5 nitrogen and oxygen atoms in total. The van der Waals surface area contributed by atoms with Gasteiger partial charge in [0, 0.05) is 5.56 Å². The Bertz CT molecular complexity index is 902. The predicted octanol–water partition coefficient (Wildman–Crippen LogP) is 4.34. The average Bonchev–Trinajstić information content (AvgIpc) is 3.18. The Labute approximate surface area is 164 Å². The molecular weight excluding hydrogens is 357 g/mol. The quantitative estimate of drug-likeness (QED) is 0.636. The molecule has 3 aromatic rings. The first-order valence-electron chi connectivity index (χ1n) is 9.63. The summed E-state index contributed by atoms with van der Waals surface area (Å²) in [6.45, 7) is 2.64. The predicted molar refractivity (Wildman–Crippen MR) is 104 cm³/mol. The number of aromatic nitrogens is 2. The van der Waals surface area contributed by atoms with Gasteiger partial charge in [0.1, 0.15) is 11.6 Å². The molecule has 1 aliphatic rings. The molecule has 0 N–H and O–H groups in total. The number of benzene rings is 2. The molecule has 28 heavy (non-hydrogen) atoms. The lowest BCUT2D eigenvalue weighted by Gasteiger charge is -2.31. The van der Waals surface area contributed by atoms with Crippen LogP contribution in [-0.4, -0.2) is 35.3 Å². The summed E-state index contributed by atoms with van der Waals surface area (Å²) in [4.78, 5) is 2.34. The van der Waals surface area contributed by atoms with E-state index in [1.807, 2.05) is 30.3 Å². The Hall–Kier alpha value is -2.73. The second kappa shape index (κ2) is 8.52. The highest BCUT2D eigenvalue weighted by atomic mass is 19.1. The van der Waals surface area contributed by atoms with Crippen molar-refractivity contribution < 1.29 is 13.5 Å². The molecule has 2 aromatic carbocycles. The van der Waals surface area contributed by atoms with Gasteiger partial charge in [0.15, 0.2) is 0 Å². The minimum Gasteiger partial charge on any atom is -0.497 e. The fourth-order valence-corrected chi connectivity index (χ4v) is 3.70. The summed E-state index contributed by atoms with van der Waals surface area (Å²) < 4.78 is 24.4. The van der Waals surface area contributed by atoms with E-state index >= 15 is 0 Å². The number of hydrogen-bond acceptors (Lipinski definition) is 5. The molecule has 0 atom stereocenters. The van der Waals surface area contributed by atoms with Gasteiger partial charge in [-0.25, -0.2) is 4.39 Å². The number of nitrogens with zero attached hydrogens (tertiary/aromatic N) is 3. The van der Waals surface area contributed by atoms with E-state index in [0.717, 1.165) is 49.2 Å². The molecule has 0 amide bonds. The van der Waals surface area contributed by atoms with Crippen molar-refractivity contribution in [1.82, 2.24) is 15.1 Å². The van der Waals surface area contributed by atoms with Crippen LogP contribution in [0.1, 0.15) is 24.3 Å². The summed E-state index contributed by atoms with van der Waals surface area (Å²) in [6.07, 6.45) is 3.12. The maximum atomic E-state index is 13.4. The minimum atomic E-state index is -0.154. The molecule has 1 aliphatic heterocycles. The Morgan fingerprint density at radius 1 is 1.11 bits per heavy atom. The maximum Gasteiger partial charge on any atom is 0.247 e. The van der Waals surface area contributed by atoms with Crippen molar-refractivity contribution in [2.75, 3.05) is 20.2 Å². The molecular formula is C22H24FN3O2. The summed E-state index contributed by atoms with van der Waals surface area (Å²) in [5, 5.41) is 8.36. The lowest BCUT2D eigenvalue weighted by Crippen LogP contribution is -2.34. The van der Waals surface area contributed by atoms with E-state index in [-0.39, 0.29) is 5.82 Å². The van der Waals surface area contributed by atoms with E-state index in [4.69, 9.17) is 9.15 Å². The number of piperidine rings is 1. The minimum absolute atomic E-state index is 0.154. The molecule has 0 radical (unpaired) electrons. The number of ether oxygens (including phenoxy) is 1. The van der Waals surface area contributed by atoms with Crippen LogP contribution >= 0.6 is 0 Å². The number of likely N-dealkylation sites (tertiary alicyclic amines) is 1. The highest BCUT2D eigenvalue weighted by molar-refractivity contribution is 5.53. The van der Waals surface area contributed by atoms with Crippen LogP contribution in [0, 0.1) is 11.7 Å². The highest BCUT2D eigenvalue weighted by Crippen LogP contribution is 2.25. The molecule has 0 unspecified atom stereocenters. The van der Waals surface area contributed by atoms with Crippen molar-refractivity contribution in [3.63, 3.8) is 0 Å². The Morgan fingerprint density at radius 3 is 2.61 bits per heavy atom.